The topological polar surface area (TPSA) is 32.3 Å². The molecule has 0 atom stereocenters. The Morgan fingerprint density at radius 2 is 1.93 bits per heavy atom. The van der Waals surface area contributed by atoms with Crippen molar-refractivity contribution in [3.63, 3.8) is 0 Å². The Balaban J connectivity index is 2.73. The van der Waals surface area contributed by atoms with Crippen molar-refractivity contribution in [2.45, 2.75) is 13.3 Å². The Kier molecular flexibility index (Phi) is 4.31. The van der Waals surface area contributed by atoms with Crippen molar-refractivity contribution in [3.8, 4) is 0 Å². The van der Waals surface area contributed by atoms with Gasteiger partial charge in [0.2, 0.25) is 5.91 Å². The number of likely N-dealkylation sites (N-methyl/N-ethyl adjacent to an activating group) is 2. The average molecular weight is 206 g/mol. The van der Waals surface area contributed by atoms with Crippen molar-refractivity contribution < 1.29 is 4.79 Å². The number of anilines is 1. The van der Waals surface area contributed by atoms with Gasteiger partial charge in [0.25, 0.3) is 0 Å². The summed E-state index contributed by atoms with van der Waals surface area (Å²) in [7, 11) is 3.56. The fourth-order valence-corrected chi connectivity index (χ4v) is 1.37. The van der Waals surface area contributed by atoms with E-state index in [9.17, 15) is 4.79 Å². The van der Waals surface area contributed by atoms with Gasteiger partial charge in [-0.25, -0.2) is 0 Å². The maximum atomic E-state index is 11.6. The number of benzene rings is 1. The Morgan fingerprint density at radius 1 is 1.33 bits per heavy atom. The first kappa shape index (κ1) is 11.7. The van der Waals surface area contributed by atoms with E-state index in [1.54, 1.807) is 19.0 Å². The van der Waals surface area contributed by atoms with E-state index < -0.39 is 0 Å². The predicted molar refractivity (Wildman–Crippen MR) is 63.2 cm³/mol. The first-order valence-electron chi connectivity index (χ1n) is 5.19. The summed E-state index contributed by atoms with van der Waals surface area (Å²) in [6.45, 7) is 2.48. The molecule has 0 heterocycles. The van der Waals surface area contributed by atoms with Crippen LogP contribution in [0.2, 0.25) is 0 Å². The van der Waals surface area contributed by atoms with Crippen LogP contribution in [-0.4, -0.2) is 26.5 Å². The highest BCUT2D eigenvalue weighted by molar-refractivity contribution is 5.94. The fraction of sp³-hybridized carbons (Fsp3) is 0.417. The van der Waals surface area contributed by atoms with Gasteiger partial charge >= 0.3 is 0 Å². The van der Waals surface area contributed by atoms with Gasteiger partial charge in [-0.15, -0.1) is 0 Å². The Labute approximate surface area is 91.1 Å². The number of carbonyl (C=O) groups excluding carboxylic acids is 1. The maximum Gasteiger partial charge on any atom is 0.240 e. The van der Waals surface area contributed by atoms with Gasteiger partial charge in [0, 0.05) is 12.7 Å². The standard InChI is InChI=1S/C12H18N2O/c1-4-10-5-7-11(8-6-10)14(3)12(15)9-13-2/h5-8,13H,4,9H2,1-3H3. The minimum Gasteiger partial charge on any atom is -0.314 e. The van der Waals surface area contributed by atoms with Crippen LogP contribution >= 0.6 is 0 Å². The average Bonchev–Trinajstić information content (AvgIpc) is 2.28. The van der Waals surface area contributed by atoms with Crippen LogP contribution in [0.3, 0.4) is 0 Å². The van der Waals surface area contributed by atoms with Gasteiger partial charge in [0.1, 0.15) is 0 Å². The summed E-state index contributed by atoms with van der Waals surface area (Å²) in [6.07, 6.45) is 1.02. The normalized spacial score (nSPS) is 10.1. The van der Waals surface area contributed by atoms with Crippen molar-refractivity contribution in [1.82, 2.24) is 5.32 Å². The van der Waals surface area contributed by atoms with E-state index >= 15 is 0 Å². The van der Waals surface area contributed by atoms with Gasteiger partial charge < -0.3 is 10.2 Å². The molecule has 0 aromatic heterocycles. The molecule has 0 saturated heterocycles. The molecule has 1 N–H and O–H groups in total. The highest BCUT2D eigenvalue weighted by Crippen LogP contribution is 2.13. The van der Waals surface area contributed by atoms with Gasteiger partial charge in [0.05, 0.1) is 6.54 Å². The highest BCUT2D eigenvalue weighted by atomic mass is 16.2. The third kappa shape index (κ3) is 3.06. The molecular weight excluding hydrogens is 188 g/mol. The smallest absolute Gasteiger partial charge is 0.240 e. The molecule has 1 rings (SSSR count). The second-order valence-corrected chi connectivity index (χ2v) is 3.50. The molecular formula is C12H18N2O. The quantitative estimate of drug-likeness (QED) is 0.808. The van der Waals surface area contributed by atoms with Crippen LogP contribution in [-0.2, 0) is 11.2 Å². The molecule has 3 heteroatoms. The molecule has 0 aliphatic carbocycles. The van der Waals surface area contributed by atoms with Crippen LogP contribution in [0.25, 0.3) is 0 Å². The summed E-state index contributed by atoms with van der Waals surface area (Å²) in [6, 6.07) is 8.07. The second-order valence-electron chi connectivity index (χ2n) is 3.50. The molecule has 1 aromatic rings. The summed E-state index contributed by atoms with van der Waals surface area (Å²) in [4.78, 5) is 13.2. The minimum absolute atomic E-state index is 0.0711. The summed E-state index contributed by atoms with van der Waals surface area (Å²) < 4.78 is 0. The van der Waals surface area contributed by atoms with Crippen molar-refractivity contribution in [2.24, 2.45) is 0 Å². The van der Waals surface area contributed by atoms with E-state index in [0.717, 1.165) is 12.1 Å². The van der Waals surface area contributed by atoms with E-state index in [1.807, 2.05) is 12.1 Å². The van der Waals surface area contributed by atoms with Gasteiger partial charge in [-0.3, -0.25) is 4.79 Å². The van der Waals surface area contributed by atoms with E-state index in [1.165, 1.54) is 5.56 Å². The molecule has 0 aliphatic rings. The fourth-order valence-electron chi connectivity index (χ4n) is 1.37. The molecule has 15 heavy (non-hydrogen) atoms. The lowest BCUT2D eigenvalue weighted by atomic mass is 10.1. The van der Waals surface area contributed by atoms with Crippen molar-refractivity contribution >= 4 is 11.6 Å². The highest BCUT2D eigenvalue weighted by Gasteiger charge is 2.08. The largest absolute Gasteiger partial charge is 0.314 e. The number of rotatable bonds is 4. The van der Waals surface area contributed by atoms with E-state index in [4.69, 9.17) is 0 Å². The van der Waals surface area contributed by atoms with Crippen LogP contribution in [0.1, 0.15) is 12.5 Å². The maximum absolute atomic E-state index is 11.6. The number of hydrogen-bond acceptors (Lipinski definition) is 2. The molecule has 0 saturated carbocycles. The predicted octanol–water partition coefficient (Wildman–Crippen LogP) is 1.43. The van der Waals surface area contributed by atoms with Crippen molar-refractivity contribution in [1.29, 1.82) is 0 Å². The Hall–Kier alpha value is -1.35. The van der Waals surface area contributed by atoms with Gasteiger partial charge in [0.15, 0.2) is 0 Å². The summed E-state index contributed by atoms with van der Waals surface area (Å²) >= 11 is 0. The number of nitrogens with one attached hydrogen (secondary N) is 1. The molecule has 0 radical (unpaired) electrons. The van der Waals surface area contributed by atoms with E-state index in [2.05, 4.69) is 24.4 Å². The SMILES string of the molecule is CCc1ccc(N(C)C(=O)CNC)cc1. The number of amides is 1. The summed E-state index contributed by atoms with van der Waals surface area (Å²) in [5, 5.41) is 2.85. The first-order valence-corrected chi connectivity index (χ1v) is 5.19. The molecule has 3 nitrogen and oxygen atoms in total. The van der Waals surface area contributed by atoms with Gasteiger partial charge in [-0.05, 0) is 31.2 Å². The zero-order valence-electron chi connectivity index (χ0n) is 9.58. The molecule has 0 fully saturated rings. The lowest BCUT2D eigenvalue weighted by Crippen LogP contribution is -2.34. The Morgan fingerprint density at radius 3 is 2.40 bits per heavy atom. The van der Waals surface area contributed by atoms with Gasteiger partial charge in [-0.2, -0.15) is 0 Å². The number of carbonyl (C=O) groups is 1. The van der Waals surface area contributed by atoms with Crippen LogP contribution < -0.4 is 10.2 Å². The lowest BCUT2D eigenvalue weighted by molar-refractivity contribution is -0.117. The third-order valence-electron chi connectivity index (χ3n) is 2.43. The van der Waals surface area contributed by atoms with Crippen LogP contribution in [0.15, 0.2) is 24.3 Å². The van der Waals surface area contributed by atoms with Crippen molar-refractivity contribution in [3.05, 3.63) is 29.8 Å². The molecule has 0 bridgehead atoms. The summed E-state index contributed by atoms with van der Waals surface area (Å²) in [5.74, 6) is 0.0711. The molecule has 82 valence electrons. The van der Waals surface area contributed by atoms with Gasteiger partial charge in [-0.1, -0.05) is 19.1 Å². The monoisotopic (exact) mass is 206 g/mol. The number of aryl methyl sites for hydroxylation is 1. The Bertz CT molecular complexity index is 319. The van der Waals surface area contributed by atoms with E-state index in [-0.39, 0.29) is 5.91 Å². The van der Waals surface area contributed by atoms with E-state index in [0.29, 0.717) is 6.54 Å². The zero-order chi connectivity index (χ0) is 11.3. The first-order chi connectivity index (χ1) is 7.19. The molecule has 0 spiro atoms. The van der Waals surface area contributed by atoms with Crippen molar-refractivity contribution in [2.75, 3.05) is 25.5 Å². The molecule has 0 unspecified atom stereocenters. The number of nitrogens with zero attached hydrogens (tertiary/aromatic N) is 1. The second kappa shape index (κ2) is 5.51. The molecule has 1 amide bonds. The zero-order valence-corrected chi connectivity index (χ0v) is 9.58. The molecule has 0 aliphatic heterocycles. The molecule has 1 aromatic carbocycles. The lowest BCUT2D eigenvalue weighted by Gasteiger charge is -2.17. The van der Waals surface area contributed by atoms with Crippen LogP contribution in [0.4, 0.5) is 5.69 Å². The van der Waals surface area contributed by atoms with Crippen LogP contribution in [0, 0.1) is 0 Å². The third-order valence-corrected chi connectivity index (χ3v) is 2.43. The van der Waals surface area contributed by atoms with Crippen LogP contribution in [0.5, 0.6) is 0 Å². The summed E-state index contributed by atoms with van der Waals surface area (Å²) in [5.41, 5.74) is 2.22. The number of hydrogen-bond donors (Lipinski definition) is 1. The minimum atomic E-state index is 0.0711.